The van der Waals surface area contributed by atoms with Crippen LogP contribution in [0, 0.1) is 5.41 Å². The van der Waals surface area contributed by atoms with Gasteiger partial charge in [0.15, 0.2) is 0 Å². The van der Waals surface area contributed by atoms with E-state index in [0.29, 0.717) is 0 Å². The first-order chi connectivity index (χ1) is 6.15. The SMILES string of the molecule is CO[C](=[W])C1=CCCC(C(=N)N)=C1. The number of allylic oxidation sites excluding steroid dienone is 1. The summed E-state index contributed by atoms with van der Waals surface area (Å²) >= 11 is 1.30. The van der Waals surface area contributed by atoms with Gasteiger partial charge in [0.2, 0.25) is 0 Å². The molecule has 3 nitrogen and oxygen atoms in total. The molecule has 1 aliphatic carbocycles. The fourth-order valence-electron chi connectivity index (χ4n) is 1.17. The summed E-state index contributed by atoms with van der Waals surface area (Å²) in [5.41, 5.74) is 7.40. The summed E-state index contributed by atoms with van der Waals surface area (Å²) in [5.74, 6) is 0.171. The summed E-state index contributed by atoms with van der Waals surface area (Å²) in [7, 11) is 1.67. The van der Waals surface area contributed by atoms with Crippen LogP contribution < -0.4 is 5.73 Å². The van der Waals surface area contributed by atoms with Gasteiger partial charge in [-0.1, -0.05) is 0 Å². The van der Waals surface area contributed by atoms with Gasteiger partial charge in [-0.05, 0) is 0 Å². The van der Waals surface area contributed by atoms with Crippen molar-refractivity contribution in [3.8, 4) is 0 Å². The molecule has 13 heavy (non-hydrogen) atoms. The molecule has 0 fully saturated rings. The van der Waals surface area contributed by atoms with Crippen LogP contribution in [0.5, 0.6) is 0 Å². The van der Waals surface area contributed by atoms with Crippen LogP contribution >= 0.6 is 0 Å². The molecule has 0 unspecified atom stereocenters. The van der Waals surface area contributed by atoms with E-state index in [1.807, 2.05) is 6.08 Å². The fourth-order valence-corrected chi connectivity index (χ4v) is 1.69. The molecule has 0 aromatic rings. The van der Waals surface area contributed by atoms with Crippen LogP contribution in [0.4, 0.5) is 0 Å². The third-order valence-corrected chi connectivity index (χ3v) is 3.32. The van der Waals surface area contributed by atoms with Crippen LogP contribution in [0.25, 0.3) is 0 Å². The normalized spacial score (nSPS) is 16.1. The van der Waals surface area contributed by atoms with Crippen molar-refractivity contribution in [3.05, 3.63) is 23.3 Å². The standard InChI is InChI=1S/C9H12N2O.W/c1-12-6-7-3-2-4-8(5-7)9(10)11;/h3,5H,2,4H2,1H3,(H3,10,11);. The Morgan fingerprint density at radius 2 is 2.38 bits per heavy atom. The van der Waals surface area contributed by atoms with Crippen LogP contribution in [0.1, 0.15) is 12.8 Å². The average molecular weight is 348 g/mol. The Labute approximate surface area is 88.6 Å². The second-order valence-corrected chi connectivity index (χ2v) is 4.11. The van der Waals surface area contributed by atoms with E-state index in [1.54, 1.807) is 7.11 Å². The molecule has 1 aliphatic rings. The summed E-state index contributed by atoms with van der Waals surface area (Å²) in [4.78, 5) is 0. The van der Waals surface area contributed by atoms with Crippen LogP contribution in [-0.2, 0) is 24.1 Å². The zero-order valence-electron chi connectivity index (χ0n) is 7.46. The van der Waals surface area contributed by atoms with Gasteiger partial charge in [0.1, 0.15) is 0 Å². The van der Waals surface area contributed by atoms with Crippen LogP contribution in [0.2, 0.25) is 0 Å². The molecule has 0 aliphatic heterocycles. The number of nitrogens with two attached hydrogens (primary N) is 1. The van der Waals surface area contributed by atoms with Gasteiger partial charge in [-0.2, -0.15) is 0 Å². The number of amidine groups is 1. The van der Waals surface area contributed by atoms with Crippen LogP contribution in [0.3, 0.4) is 0 Å². The number of hydrogen-bond donors (Lipinski definition) is 2. The minimum atomic E-state index is 0.171. The molecular weight excluding hydrogens is 336 g/mol. The van der Waals surface area contributed by atoms with Gasteiger partial charge in [-0.25, -0.2) is 0 Å². The Morgan fingerprint density at radius 1 is 1.69 bits per heavy atom. The summed E-state index contributed by atoms with van der Waals surface area (Å²) < 4.78 is 6.10. The molecule has 0 atom stereocenters. The van der Waals surface area contributed by atoms with Crippen molar-refractivity contribution >= 4 is 9.92 Å². The predicted octanol–water partition coefficient (Wildman–Crippen LogP) is 0.892. The third kappa shape index (κ3) is 2.71. The molecule has 0 saturated heterocycles. The molecule has 0 spiro atoms. The van der Waals surface area contributed by atoms with Crippen LogP contribution in [-0.4, -0.2) is 17.0 Å². The molecule has 0 bridgehead atoms. The second kappa shape index (κ2) is 4.63. The molecule has 1 rings (SSSR count). The number of nitrogens with one attached hydrogen (secondary N) is 1. The van der Waals surface area contributed by atoms with E-state index in [4.69, 9.17) is 15.9 Å². The van der Waals surface area contributed by atoms with E-state index < -0.39 is 0 Å². The molecule has 0 heterocycles. The topological polar surface area (TPSA) is 59.1 Å². The van der Waals surface area contributed by atoms with Crippen molar-refractivity contribution in [1.29, 1.82) is 5.41 Å². The van der Waals surface area contributed by atoms with E-state index in [0.717, 1.165) is 28.1 Å². The van der Waals surface area contributed by atoms with E-state index in [9.17, 15) is 0 Å². The molecule has 0 radical (unpaired) electrons. The number of hydrogen-bond acceptors (Lipinski definition) is 2. The maximum atomic E-state index is 7.32. The monoisotopic (exact) mass is 348 g/mol. The van der Waals surface area contributed by atoms with E-state index in [2.05, 4.69) is 6.08 Å². The minimum absolute atomic E-state index is 0.171. The van der Waals surface area contributed by atoms with Gasteiger partial charge in [-0.3, -0.25) is 0 Å². The van der Waals surface area contributed by atoms with Gasteiger partial charge >= 0.3 is 88.4 Å². The maximum absolute atomic E-state index is 7.32. The zero-order chi connectivity index (χ0) is 9.84. The third-order valence-electron chi connectivity index (χ3n) is 1.87. The van der Waals surface area contributed by atoms with Crippen molar-refractivity contribution in [2.24, 2.45) is 5.73 Å². The average Bonchev–Trinajstić information content (AvgIpc) is 2.17. The Bertz CT molecular complexity index is 305. The van der Waals surface area contributed by atoms with Gasteiger partial charge in [0, 0.05) is 0 Å². The van der Waals surface area contributed by atoms with Gasteiger partial charge < -0.3 is 0 Å². The fraction of sp³-hybridized carbons (Fsp3) is 0.333. The first-order valence-corrected chi connectivity index (χ1v) is 5.45. The molecule has 0 aromatic heterocycles. The number of rotatable bonds is 3. The molecule has 0 aromatic carbocycles. The second-order valence-electron chi connectivity index (χ2n) is 2.77. The zero-order valence-corrected chi connectivity index (χ0v) is 10.4. The first-order valence-electron chi connectivity index (χ1n) is 3.98. The predicted molar refractivity (Wildman–Crippen MR) is 49.3 cm³/mol. The Balaban J connectivity index is 2.84. The van der Waals surface area contributed by atoms with Crippen molar-refractivity contribution in [3.63, 3.8) is 0 Å². The molecule has 70 valence electrons. The summed E-state index contributed by atoms with van der Waals surface area (Å²) in [6.45, 7) is 0. The number of methoxy groups -OCH3 is 1. The number of ether oxygens (including phenoxy) is 1. The molecule has 4 heteroatoms. The first kappa shape index (κ1) is 10.5. The van der Waals surface area contributed by atoms with E-state index in [-0.39, 0.29) is 5.84 Å². The van der Waals surface area contributed by atoms with E-state index in [1.165, 1.54) is 19.4 Å². The van der Waals surface area contributed by atoms with Gasteiger partial charge in [0.25, 0.3) is 0 Å². The van der Waals surface area contributed by atoms with Gasteiger partial charge in [-0.15, -0.1) is 0 Å². The van der Waals surface area contributed by atoms with Crippen molar-refractivity contribution in [1.82, 2.24) is 0 Å². The van der Waals surface area contributed by atoms with Crippen molar-refractivity contribution in [2.45, 2.75) is 12.8 Å². The molecular formula is C9H12N2OW. The van der Waals surface area contributed by atoms with Crippen molar-refractivity contribution in [2.75, 3.05) is 7.11 Å². The van der Waals surface area contributed by atoms with Gasteiger partial charge in [0.05, 0.1) is 0 Å². The summed E-state index contributed by atoms with van der Waals surface area (Å²) in [5, 5.41) is 7.32. The Morgan fingerprint density at radius 3 is 2.92 bits per heavy atom. The quantitative estimate of drug-likeness (QED) is 0.588. The molecule has 0 amide bonds. The van der Waals surface area contributed by atoms with E-state index >= 15 is 0 Å². The Hall–Kier alpha value is -0.532. The van der Waals surface area contributed by atoms with Crippen LogP contribution in [0.15, 0.2) is 23.3 Å². The summed E-state index contributed by atoms with van der Waals surface area (Å²) in [6, 6.07) is 0. The Kier molecular flexibility index (Phi) is 3.76. The molecule has 3 N–H and O–H groups in total. The summed E-state index contributed by atoms with van der Waals surface area (Å²) in [6.07, 6.45) is 5.88. The molecule has 0 saturated carbocycles. The van der Waals surface area contributed by atoms with Crippen molar-refractivity contribution < 1.29 is 24.1 Å².